The van der Waals surface area contributed by atoms with Crippen molar-refractivity contribution in [1.29, 1.82) is 0 Å². The third-order valence-corrected chi connectivity index (χ3v) is 5.14. The molecule has 0 aliphatic rings. The normalized spacial score (nSPS) is 12.6. The van der Waals surface area contributed by atoms with E-state index in [1.165, 1.54) is 14.2 Å². The van der Waals surface area contributed by atoms with E-state index in [2.05, 4.69) is 26.6 Å². The van der Waals surface area contributed by atoms with Crippen LogP contribution in [0.25, 0.3) is 0 Å². The molecule has 6 nitrogen and oxygen atoms in total. The second kappa shape index (κ2) is 10.6. The van der Waals surface area contributed by atoms with Crippen molar-refractivity contribution in [2.24, 2.45) is 5.16 Å². The van der Waals surface area contributed by atoms with Crippen molar-refractivity contribution >= 4 is 39.2 Å². The van der Waals surface area contributed by atoms with Crippen LogP contribution in [0.3, 0.4) is 0 Å². The Kier molecular flexibility index (Phi) is 8.44. The number of oxime groups is 1. The van der Waals surface area contributed by atoms with Crippen LogP contribution in [0.5, 0.6) is 0 Å². The van der Waals surface area contributed by atoms with Crippen molar-refractivity contribution in [3.8, 4) is 0 Å². The van der Waals surface area contributed by atoms with Crippen LogP contribution in [0.2, 0.25) is 5.02 Å². The van der Waals surface area contributed by atoms with Gasteiger partial charge < -0.3 is 14.4 Å². The van der Waals surface area contributed by atoms with Crippen molar-refractivity contribution < 1.29 is 19.2 Å². The van der Waals surface area contributed by atoms with E-state index in [4.69, 9.17) is 26.0 Å². The average molecular weight is 470 g/mol. The smallest absolute Gasteiger partial charge is 0.329 e. The van der Waals surface area contributed by atoms with Gasteiger partial charge in [0.15, 0.2) is 6.04 Å². The van der Waals surface area contributed by atoms with Crippen LogP contribution in [0.1, 0.15) is 35.2 Å². The van der Waals surface area contributed by atoms with Gasteiger partial charge in [-0.15, -0.1) is 0 Å². The highest BCUT2D eigenvalue weighted by Gasteiger charge is 2.25. The summed E-state index contributed by atoms with van der Waals surface area (Å²) >= 11 is 9.73. The lowest BCUT2D eigenvalue weighted by molar-refractivity contribution is -0.147. The van der Waals surface area contributed by atoms with Crippen LogP contribution in [0, 0.1) is 6.92 Å². The van der Waals surface area contributed by atoms with Crippen LogP contribution >= 0.6 is 27.5 Å². The summed E-state index contributed by atoms with van der Waals surface area (Å²) < 4.78 is 5.70. The summed E-state index contributed by atoms with van der Waals surface area (Å²) in [5, 5.41) is 4.77. The summed E-state index contributed by atoms with van der Waals surface area (Å²) in [5.74, 6) is -0.464. The maximum Gasteiger partial charge on any atom is 0.329 e. The van der Waals surface area contributed by atoms with E-state index < -0.39 is 12.0 Å². The minimum absolute atomic E-state index is 0.167. The zero-order chi connectivity index (χ0) is 20.7. The van der Waals surface area contributed by atoms with Gasteiger partial charge in [-0.3, -0.25) is 0 Å². The van der Waals surface area contributed by atoms with Crippen molar-refractivity contribution in [1.82, 2.24) is 5.48 Å². The number of ether oxygens (including phenoxy) is 1. The number of esters is 1. The predicted octanol–water partition coefficient (Wildman–Crippen LogP) is 4.72. The van der Waals surface area contributed by atoms with E-state index in [0.717, 1.165) is 21.2 Å². The third-order valence-electron chi connectivity index (χ3n) is 4.17. The lowest BCUT2D eigenvalue weighted by Gasteiger charge is -2.19. The second-order valence-corrected chi connectivity index (χ2v) is 7.23. The number of methoxy groups -OCH3 is 1. The molecule has 1 atom stereocenters. The molecule has 0 heterocycles. The summed E-state index contributed by atoms with van der Waals surface area (Å²) in [6.07, 6.45) is 0. The van der Waals surface area contributed by atoms with Crippen LogP contribution < -0.4 is 5.48 Å². The summed E-state index contributed by atoms with van der Waals surface area (Å²) in [7, 11) is 2.77. The van der Waals surface area contributed by atoms with Gasteiger partial charge in [-0.05, 0) is 37.1 Å². The van der Waals surface area contributed by atoms with E-state index in [1.54, 1.807) is 6.07 Å². The Hall–Kier alpha value is -1.93. The molecule has 0 amide bonds. The van der Waals surface area contributed by atoms with Gasteiger partial charge in [0.25, 0.3) is 0 Å². The number of hydroxylamine groups is 1. The second-order valence-electron chi connectivity index (χ2n) is 5.97. The number of nitrogens with zero attached hydrogens (tertiary/aromatic N) is 1. The zero-order valence-corrected chi connectivity index (χ0v) is 18.4. The predicted molar refractivity (Wildman–Crippen MR) is 112 cm³/mol. The molecule has 1 unspecified atom stereocenters. The van der Waals surface area contributed by atoms with E-state index in [-0.39, 0.29) is 6.61 Å². The fourth-order valence-electron chi connectivity index (χ4n) is 2.75. The van der Waals surface area contributed by atoms with E-state index in [0.29, 0.717) is 16.3 Å². The Labute approximate surface area is 177 Å². The Morgan fingerprint density at radius 2 is 1.96 bits per heavy atom. The van der Waals surface area contributed by atoms with Crippen molar-refractivity contribution in [2.75, 3.05) is 14.2 Å². The maximum absolute atomic E-state index is 12.2. The fourth-order valence-corrected chi connectivity index (χ4v) is 3.83. The Bertz CT molecular complexity index is 853. The standard InChI is InChI=1S/C20H22BrClN2O4/c1-12-7-5-8-14(19(24-27-4)20(25)26-3)15(12)11-28-23-13(2)18-16(21)9-6-10-17(18)22/h5-10,19,24H,11H2,1-4H3/b23-13+. The molecule has 8 heteroatoms. The van der Waals surface area contributed by atoms with Gasteiger partial charge in [0.2, 0.25) is 0 Å². The quantitative estimate of drug-likeness (QED) is 0.344. The van der Waals surface area contributed by atoms with Crippen LogP contribution in [-0.4, -0.2) is 25.9 Å². The van der Waals surface area contributed by atoms with Crippen LogP contribution in [0.15, 0.2) is 46.0 Å². The molecule has 0 bridgehead atoms. The van der Waals surface area contributed by atoms with Crippen molar-refractivity contribution in [2.45, 2.75) is 26.5 Å². The third kappa shape index (κ3) is 5.32. The number of benzene rings is 2. The first kappa shape index (κ1) is 22.4. The molecule has 1 N–H and O–H groups in total. The number of halogens is 2. The number of hydrogen-bond acceptors (Lipinski definition) is 6. The minimum atomic E-state index is -0.781. The highest BCUT2D eigenvalue weighted by Crippen LogP contribution is 2.26. The summed E-state index contributed by atoms with van der Waals surface area (Å²) in [6, 6.07) is 10.4. The lowest BCUT2D eigenvalue weighted by atomic mass is 9.97. The topological polar surface area (TPSA) is 69.2 Å². The summed E-state index contributed by atoms with van der Waals surface area (Å²) in [5.41, 5.74) is 6.53. The monoisotopic (exact) mass is 468 g/mol. The molecular formula is C20H22BrClN2O4. The lowest BCUT2D eigenvalue weighted by Crippen LogP contribution is -2.30. The van der Waals surface area contributed by atoms with Crippen LogP contribution in [0.4, 0.5) is 0 Å². The van der Waals surface area contributed by atoms with Gasteiger partial charge in [-0.1, -0.05) is 57.0 Å². The number of carbonyl (C=O) groups is 1. The first-order chi connectivity index (χ1) is 13.4. The van der Waals surface area contributed by atoms with Gasteiger partial charge in [-0.25, -0.2) is 4.79 Å². The number of hydrogen-bond donors (Lipinski definition) is 1. The highest BCUT2D eigenvalue weighted by atomic mass is 79.9. The van der Waals surface area contributed by atoms with Gasteiger partial charge in [0.1, 0.15) is 6.61 Å². The maximum atomic E-state index is 12.2. The number of nitrogens with one attached hydrogen (secondary N) is 1. The van der Waals surface area contributed by atoms with Gasteiger partial charge in [0.05, 0.1) is 25.0 Å². The van der Waals surface area contributed by atoms with Gasteiger partial charge in [0, 0.05) is 15.6 Å². The molecule has 0 aromatic heterocycles. The molecule has 0 spiro atoms. The van der Waals surface area contributed by atoms with E-state index in [1.807, 2.05) is 44.2 Å². The minimum Gasteiger partial charge on any atom is -0.468 e. The molecule has 0 aliphatic carbocycles. The first-order valence-electron chi connectivity index (χ1n) is 8.46. The Morgan fingerprint density at radius 1 is 1.25 bits per heavy atom. The Balaban J connectivity index is 2.28. The largest absolute Gasteiger partial charge is 0.468 e. The molecule has 0 saturated carbocycles. The average Bonchev–Trinajstić information content (AvgIpc) is 2.66. The molecule has 2 aromatic rings. The highest BCUT2D eigenvalue weighted by molar-refractivity contribution is 9.10. The van der Waals surface area contributed by atoms with Crippen LogP contribution in [-0.2, 0) is 25.8 Å². The van der Waals surface area contributed by atoms with E-state index >= 15 is 0 Å². The first-order valence-corrected chi connectivity index (χ1v) is 9.63. The zero-order valence-electron chi connectivity index (χ0n) is 16.1. The molecule has 0 saturated heterocycles. The van der Waals surface area contributed by atoms with Gasteiger partial charge >= 0.3 is 5.97 Å². The summed E-state index contributed by atoms with van der Waals surface area (Å²) in [4.78, 5) is 22.7. The molecular weight excluding hydrogens is 448 g/mol. The number of rotatable bonds is 8. The van der Waals surface area contributed by atoms with Crippen molar-refractivity contribution in [3.05, 3.63) is 68.1 Å². The molecule has 0 aliphatic heterocycles. The molecule has 2 rings (SSSR count). The van der Waals surface area contributed by atoms with Gasteiger partial charge in [-0.2, -0.15) is 5.48 Å². The van der Waals surface area contributed by atoms with E-state index in [9.17, 15) is 4.79 Å². The number of carbonyl (C=O) groups excluding carboxylic acids is 1. The molecule has 0 fully saturated rings. The molecule has 28 heavy (non-hydrogen) atoms. The molecule has 150 valence electrons. The fraction of sp³-hybridized carbons (Fsp3) is 0.300. The molecule has 2 aromatic carbocycles. The van der Waals surface area contributed by atoms with Crippen molar-refractivity contribution in [3.63, 3.8) is 0 Å². The number of aryl methyl sites for hydroxylation is 1. The Morgan fingerprint density at radius 3 is 2.61 bits per heavy atom. The molecule has 0 radical (unpaired) electrons. The summed E-state index contributed by atoms with van der Waals surface area (Å²) in [6.45, 7) is 3.92. The SMILES string of the molecule is CONC(C(=O)OC)c1cccc(C)c1CO/N=C(\C)c1c(Cl)cccc1Br.